The smallest absolute Gasteiger partial charge is 0.0561 e. The van der Waals surface area contributed by atoms with Gasteiger partial charge < -0.3 is 19.4 Å². The molecule has 20 aromatic carbocycles. The maximum absolute atomic E-state index is 3.65. The first kappa shape index (κ1) is 68.0. The van der Waals surface area contributed by atoms with Crippen molar-refractivity contribution < 1.29 is 0 Å². The molecule has 0 atom stereocenters. The van der Waals surface area contributed by atoms with Gasteiger partial charge in [-0.05, 0) is 218 Å². The lowest BCUT2D eigenvalue weighted by atomic mass is 9.94. The summed E-state index contributed by atoms with van der Waals surface area (Å²) in [6.45, 7) is 0. The summed E-state index contributed by atoms with van der Waals surface area (Å²) in [5, 5.41) is 24.0. The van der Waals surface area contributed by atoms with E-state index in [9.17, 15) is 0 Å². The van der Waals surface area contributed by atoms with Gasteiger partial charge in [-0.15, -0.1) is 0 Å². The Bertz CT molecular complexity index is 7210. The van der Waals surface area contributed by atoms with Crippen LogP contribution in [0.1, 0.15) is 0 Å². The molecule has 22 rings (SSSR count). The highest BCUT2D eigenvalue weighted by Crippen LogP contribution is 2.45. The number of anilines is 5. The number of hydrogen-bond acceptors (Lipinski definition) is 2. The van der Waals surface area contributed by atoms with E-state index >= 15 is 0 Å². The number of aromatic nitrogens is 2. The molecule has 22 aromatic rings. The first-order valence-corrected chi connectivity index (χ1v) is 39.3. The zero-order chi connectivity index (χ0) is 75.1. The highest BCUT2D eigenvalue weighted by Gasteiger charge is 2.21. The second kappa shape index (κ2) is 29.6. The fourth-order valence-electron chi connectivity index (χ4n) is 16.9. The number of fused-ring (bicyclic) bond motifs is 18. The van der Waals surface area contributed by atoms with Crippen LogP contribution in [-0.4, -0.2) is 9.13 Å². The van der Waals surface area contributed by atoms with Crippen molar-refractivity contribution in [2.45, 2.75) is 0 Å². The van der Waals surface area contributed by atoms with Crippen LogP contribution >= 0.6 is 15.9 Å². The molecule has 1 N–H and O–H groups in total. The Kier molecular flexibility index (Phi) is 17.8. The van der Waals surface area contributed by atoms with Crippen molar-refractivity contribution in [3.05, 3.63) is 441 Å². The second-order valence-electron chi connectivity index (χ2n) is 28.9. The summed E-state index contributed by atoms with van der Waals surface area (Å²) >= 11 is 3.65. The molecule has 0 saturated carbocycles. The lowest BCUT2D eigenvalue weighted by Crippen LogP contribution is -2.10. The fourth-order valence-corrected chi connectivity index (χ4v) is 17.3. The zero-order valence-corrected chi connectivity index (χ0v) is 63.4. The normalized spacial score (nSPS) is 11.4. The third-order valence-electron chi connectivity index (χ3n) is 22.3. The molecule has 4 nitrogen and oxygen atoms in total. The zero-order valence-electron chi connectivity index (χ0n) is 61.8. The van der Waals surface area contributed by atoms with Gasteiger partial charge in [-0.2, -0.15) is 0 Å². The van der Waals surface area contributed by atoms with Crippen molar-refractivity contribution in [1.82, 2.24) is 9.13 Å². The molecule has 0 aliphatic rings. The van der Waals surface area contributed by atoms with Gasteiger partial charge in [0.2, 0.25) is 0 Å². The molecule has 2 aromatic heterocycles. The van der Waals surface area contributed by atoms with Crippen LogP contribution in [0.5, 0.6) is 0 Å². The van der Waals surface area contributed by atoms with Crippen LogP contribution in [0, 0.1) is 0 Å². The van der Waals surface area contributed by atoms with Crippen molar-refractivity contribution in [3.63, 3.8) is 0 Å². The number of benzene rings is 20. The Morgan fingerprint density at radius 3 is 0.885 bits per heavy atom. The minimum Gasteiger partial charge on any atom is -0.356 e. The molecular weight excluding hydrogens is 1430 g/mol. The summed E-state index contributed by atoms with van der Waals surface area (Å²) in [7, 11) is 0. The van der Waals surface area contributed by atoms with Gasteiger partial charge in [0, 0.05) is 65.8 Å². The molecule has 2 heterocycles. The van der Waals surface area contributed by atoms with Gasteiger partial charge in [0.05, 0.1) is 22.1 Å². The summed E-state index contributed by atoms with van der Waals surface area (Å²) in [5.74, 6) is 0. The van der Waals surface area contributed by atoms with E-state index in [0.717, 1.165) is 38.6 Å². The molecule has 0 fully saturated rings. The van der Waals surface area contributed by atoms with Crippen LogP contribution in [0.25, 0.3) is 164 Å². The van der Waals surface area contributed by atoms with Gasteiger partial charge >= 0.3 is 0 Å². The van der Waals surface area contributed by atoms with Crippen LogP contribution in [0.4, 0.5) is 28.4 Å². The lowest BCUT2D eigenvalue weighted by Gasteiger charge is -2.26. The number of hydrogen-bond donors (Lipinski definition) is 1. The third-order valence-corrected chi connectivity index (χ3v) is 22.8. The Morgan fingerprint density at radius 2 is 0.460 bits per heavy atom. The van der Waals surface area contributed by atoms with E-state index in [-0.39, 0.29) is 0 Å². The molecule has 0 radical (unpaired) electrons. The standard InChI is InChI=1S/C54H36N2.C30H20BrN.C24H17N/c1-3-13-37(14-4-1)38-23-25-39(26-24-38)40-27-29-42(30-28-40)56-53-22-12-11-21-50(53)51-34-32-44(36-54(51)56)55(41-15-5-2-6-16-41)43-31-33-49-47-19-8-7-17-45(47)46-18-9-10-20-48(46)52(49)35-43;31-25-16-19-28-27-8-4-5-9-29(27)32(30(28)20-25)26-17-14-24(15-18-26)23-12-10-22(11-13-23)21-6-2-1-3-7-21;1-2-8-17(9-3-1)25-18-14-15-23-21-12-5-4-10-19(21)20-11-6-7-13-22(20)24(23)16-18/h1-36H;1-20H;1-16,25H. The summed E-state index contributed by atoms with van der Waals surface area (Å²) < 4.78 is 5.85. The summed E-state index contributed by atoms with van der Waals surface area (Å²) in [4.78, 5) is 2.40. The number of rotatable bonds is 11. The van der Waals surface area contributed by atoms with Gasteiger partial charge in [0.1, 0.15) is 0 Å². The number of halogens is 1. The molecule has 113 heavy (non-hydrogen) atoms. The van der Waals surface area contributed by atoms with E-state index in [4.69, 9.17) is 0 Å². The van der Waals surface area contributed by atoms with Crippen molar-refractivity contribution >= 4 is 153 Å². The first-order chi connectivity index (χ1) is 56.0. The van der Waals surface area contributed by atoms with Crippen molar-refractivity contribution in [2.24, 2.45) is 0 Å². The summed E-state index contributed by atoms with van der Waals surface area (Å²) in [5.41, 5.74) is 22.4. The van der Waals surface area contributed by atoms with Crippen LogP contribution in [-0.2, 0) is 0 Å². The Labute approximate surface area is 664 Å². The lowest BCUT2D eigenvalue weighted by molar-refractivity contribution is 1.18. The van der Waals surface area contributed by atoms with Crippen LogP contribution in [0.2, 0.25) is 0 Å². The van der Waals surface area contributed by atoms with Crippen molar-refractivity contribution in [3.8, 4) is 55.9 Å². The molecule has 0 spiro atoms. The summed E-state index contributed by atoms with van der Waals surface area (Å²) in [6.07, 6.45) is 0. The maximum Gasteiger partial charge on any atom is 0.0561 e. The minimum atomic E-state index is 1.09. The Balaban J connectivity index is 0.000000122. The van der Waals surface area contributed by atoms with E-state index in [1.165, 1.54) is 158 Å². The van der Waals surface area contributed by atoms with Gasteiger partial charge in [-0.3, -0.25) is 0 Å². The quantitative estimate of drug-likeness (QED) is 0.131. The van der Waals surface area contributed by atoms with Crippen molar-refractivity contribution in [2.75, 3.05) is 10.2 Å². The number of nitrogens with one attached hydrogen (secondary N) is 1. The predicted octanol–water partition coefficient (Wildman–Crippen LogP) is 30.8. The minimum absolute atomic E-state index is 1.09. The Hall–Kier alpha value is -14.4. The number of para-hydroxylation sites is 4. The van der Waals surface area contributed by atoms with Crippen LogP contribution in [0.3, 0.4) is 0 Å². The maximum atomic E-state index is 3.65. The monoisotopic (exact) mass is 1500 g/mol. The third kappa shape index (κ3) is 12.8. The molecule has 5 heteroatoms. The van der Waals surface area contributed by atoms with Gasteiger partial charge in [0.15, 0.2) is 0 Å². The van der Waals surface area contributed by atoms with E-state index in [0.29, 0.717) is 0 Å². The topological polar surface area (TPSA) is 25.1 Å². The average Bonchev–Trinajstić information content (AvgIpc) is 0.883. The Morgan fingerprint density at radius 1 is 0.177 bits per heavy atom. The largest absolute Gasteiger partial charge is 0.356 e. The van der Waals surface area contributed by atoms with E-state index < -0.39 is 0 Å². The van der Waals surface area contributed by atoms with Crippen LogP contribution < -0.4 is 10.2 Å². The van der Waals surface area contributed by atoms with E-state index in [1.54, 1.807) is 0 Å². The fraction of sp³-hybridized carbons (Fsp3) is 0. The highest BCUT2D eigenvalue weighted by molar-refractivity contribution is 9.10. The SMILES string of the molecule is Brc1ccc2c3ccccc3n(-c3ccc(-c4ccc(-c5ccccc5)cc4)cc3)c2c1.c1ccc(-c2ccc(-c3ccc(-n4c5ccccc5c5ccc(N(c6ccccc6)c6ccc7c8ccccc8c8ccccc8c7c6)cc54)cc3)cc2)cc1.c1ccc(Nc2ccc3c4ccccc4c4ccccc4c3c2)cc1. The molecule has 0 aliphatic heterocycles. The average molecular weight is 1510 g/mol. The predicted molar refractivity (Wildman–Crippen MR) is 487 cm³/mol. The molecule has 0 saturated heterocycles. The van der Waals surface area contributed by atoms with E-state index in [2.05, 4.69) is 454 Å². The summed E-state index contributed by atoms with van der Waals surface area (Å²) in [6, 6.07) is 157. The van der Waals surface area contributed by atoms with Crippen LogP contribution in [0.15, 0.2) is 441 Å². The first-order valence-electron chi connectivity index (χ1n) is 38.5. The van der Waals surface area contributed by atoms with Gasteiger partial charge in [0.25, 0.3) is 0 Å². The highest BCUT2D eigenvalue weighted by atomic mass is 79.9. The molecular formula is C108H73BrN4. The van der Waals surface area contributed by atoms with Gasteiger partial charge in [-0.25, -0.2) is 0 Å². The second-order valence-corrected chi connectivity index (χ2v) is 29.8. The molecule has 0 amide bonds. The molecule has 0 bridgehead atoms. The van der Waals surface area contributed by atoms with E-state index in [1.807, 2.05) is 18.2 Å². The van der Waals surface area contributed by atoms with Gasteiger partial charge in [-0.1, -0.05) is 344 Å². The molecule has 532 valence electrons. The number of nitrogens with zero attached hydrogens (tertiary/aromatic N) is 3. The molecule has 0 aliphatic carbocycles. The van der Waals surface area contributed by atoms with Crippen molar-refractivity contribution in [1.29, 1.82) is 0 Å². The molecule has 0 unspecified atom stereocenters.